The highest BCUT2D eigenvalue weighted by atomic mass is 32.1. The lowest BCUT2D eigenvalue weighted by molar-refractivity contribution is -0.123. The SMILES string of the molecule is O=C(C[C@H](CN1CCCC1)[C@H](O)c1ccc2c(c1)OCCO2)NCCc1cccs1. The van der Waals surface area contributed by atoms with Gasteiger partial charge in [-0.15, -0.1) is 11.3 Å². The van der Waals surface area contributed by atoms with Gasteiger partial charge in [0.05, 0.1) is 6.10 Å². The molecule has 0 radical (unpaired) electrons. The van der Waals surface area contributed by atoms with Crippen LogP contribution in [0.2, 0.25) is 0 Å². The highest BCUT2D eigenvalue weighted by molar-refractivity contribution is 7.09. The molecule has 3 heterocycles. The third-order valence-electron chi connectivity index (χ3n) is 5.77. The van der Waals surface area contributed by atoms with Crippen molar-refractivity contribution < 1.29 is 19.4 Å². The molecule has 6 nitrogen and oxygen atoms in total. The van der Waals surface area contributed by atoms with Gasteiger partial charge in [-0.1, -0.05) is 12.1 Å². The molecule has 1 saturated heterocycles. The molecule has 1 fully saturated rings. The maximum Gasteiger partial charge on any atom is 0.220 e. The van der Waals surface area contributed by atoms with Gasteiger partial charge in [-0.25, -0.2) is 0 Å². The predicted molar refractivity (Wildman–Crippen MR) is 117 cm³/mol. The van der Waals surface area contributed by atoms with Crippen LogP contribution in [0.4, 0.5) is 0 Å². The van der Waals surface area contributed by atoms with Crippen molar-refractivity contribution in [3.05, 3.63) is 46.2 Å². The summed E-state index contributed by atoms with van der Waals surface area (Å²) in [5, 5.41) is 16.2. The lowest BCUT2D eigenvalue weighted by Crippen LogP contribution is -2.35. The van der Waals surface area contributed by atoms with Crippen molar-refractivity contribution in [1.82, 2.24) is 10.2 Å². The van der Waals surface area contributed by atoms with Gasteiger partial charge in [0.1, 0.15) is 13.2 Å². The predicted octanol–water partition coefficient (Wildman–Crippen LogP) is 3.01. The topological polar surface area (TPSA) is 71.0 Å². The Balaban J connectivity index is 1.39. The van der Waals surface area contributed by atoms with Crippen molar-refractivity contribution >= 4 is 17.2 Å². The highest BCUT2D eigenvalue weighted by Gasteiger charge is 2.28. The number of fused-ring (bicyclic) bond motifs is 1. The fourth-order valence-electron chi connectivity index (χ4n) is 4.18. The van der Waals surface area contributed by atoms with Crippen LogP contribution in [0, 0.1) is 5.92 Å². The number of benzene rings is 1. The molecule has 7 heteroatoms. The number of rotatable bonds is 9. The quantitative estimate of drug-likeness (QED) is 0.640. The molecule has 2 aliphatic rings. The number of likely N-dealkylation sites (tertiary alicyclic amines) is 1. The van der Waals surface area contributed by atoms with E-state index in [0.29, 0.717) is 44.2 Å². The van der Waals surface area contributed by atoms with Crippen LogP contribution in [0.3, 0.4) is 0 Å². The summed E-state index contributed by atoms with van der Waals surface area (Å²) >= 11 is 1.70. The van der Waals surface area contributed by atoms with Gasteiger partial charge in [0.15, 0.2) is 11.5 Å². The molecule has 4 rings (SSSR count). The van der Waals surface area contributed by atoms with E-state index in [9.17, 15) is 9.90 Å². The van der Waals surface area contributed by atoms with Crippen LogP contribution in [0.15, 0.2) is 35.7 Å². The summed E-state index contributed by atoms with van der Waals surface area (Å²) in [6, 6.07) is 9.69. The molecule has 0 saturated carbocycles. The number of aliphatic hydroxyl groups excluding tert-OH is 1. The summed E-state index contributed by atoms with van der Waals surface area (Å²) in [4.78, 5) is 16.3. The fourth-order valence-corrected chi connectivity index (χ4v) is 4.89. The van der Waals surface area contributed by atoms with Crippen molar-refractivity contribution in [1.29, 1.82) is 0 Å². The highest BCUT2D eigenvalue weighted by Crippen LogP contribution is 2.35. The van der Waals surface area contributed by atoms with Crippen LogP contribution in [-0.4, -0.2) is 55.3 Å². The first-order chi connectivity index (χ1) is 14.7. The molecule has 162 valence electrons. The minimum absolute atomic E-state index is 0.00709. The van der Waals surface area contributed by atoms with Crippen molar-refractivity contribution in [3.63, 3.8) is 0 Å². The van der Waals surface area contributed by atoms with Gasteiger partial charge < -0.3 is 24.8 Å². The van der Waals surface area contributed by atoms with E-state index in [1.807, 2.05) is 29.6 Å². The maximum absolute atomic E-state index is 12.6. The van der Waals surface area contributed by atoms with Crippen molar-refractivity contribution in [2.75, 3.05) is 39.4 Å². The molecule has 2 N–H and O–H groups in total. The van der Waals surface area contributed by atoms with Gasteiger partial charge >= 0.3 is 0 Å². The second kappa shape index (κ2) is 10.3. The molecular formula is C23H30N2O4S. The smallest absolute Gasteiger partial charge is 0.220 e. The van der Waals surface area contributed by atoms with Gasteiger partial charge in [0.25, 0.3) is 0 Å². The Morgan fingerprint density at radius 3 is 2.73 bits per heavy atom. The average Bonchev–Trinajstić information content (AvgIpc) is 3.47. The summed E-state index contributed by atoms with van der Waals surface area (Å²) in [6.07, 6.45) is 2.77. The van der Waals surface area contributed by atoms with E-state index in [1.165, 1.54) is 17.7 Å². The molecule has 2 atom stereocenters. The Morgan fingerprint density at radius 1 is 1.17 bits per heavy atom. The molecule has 0 unspecified atom stereocenters. The van der Waals surface area contributed by atoms with E-state index in [-0.39, 0.29) is 11.8 Å². The first-order valence-corrected chi connectivity index (χ1v) is 11.7. The van der Waals surface area contributed by atoms with Gasteiger partial charge in [0.2, 0.25) is 5.91 Å². The maximum atomic E-state index is 12.6. The lowest BCUT2D eigenvalue weighted by Gasteiger charge is -2.28. The van der Waals surface area contributed by atoms with E-state index in [2.05, 4.69) is 16.3 Å². The van der Waals surface area contributed by atoms with Gasteiger partial charge in [0, 0.05) is 30.3 Å². The Kier molecular flexibility index (Phi) is 7.25. The van der Waals surface area contributed by atoms with E-state index in [0.717, 1.165) is 25.1 Å². The average molecular weight is 431 g/mol. The molecule has 0 aliphatic carbocycles. The van der Waals surface area contributed by atoms with Crippen molar-refractivity contribution in [2.24, 2.45) is 5.92 Å². The van der Waals surface area contributed by atoms with Crippen LogP contribution in [-0.2, 0) is 11.2 Å². The number of hydrogen-bond donors (Lipinski definition) is 2. The molecule has 1 aromatic carbocycles. The second-order valence-electron chi connectivity index (χ2n) is 8.00. The molecule has 30 heavy (non-hydrogen) atoms. The zero-order chi connectivity index (χ0) is 20.8. The summed E-state index contributed by atoms with van der Waals surface area (Å²) in [5.74, 6) is 1.19. The van der Waals surface area contributed by atoms with Gasteiger partial charge in [-0.05, 0) is 61.5 Å². The van der Waals surface area contributed by atoms with Crippen LogP contribution in [0.5, 0.6) is 11.5 Å². The minimum Gasteiger partial charge on any atom is -0.486 e. The van der Waals surface area contributed by atoms with E-state index in [4.69, 9.17) is 9.47 Å². The lowest BCUT2D eigenvalue weighted by atomic mass is 9.91. The number of nitrogens with one attached hydrogen (secondary N) is 1. The van der Waals surface area contributed by atoms with E-state index < -0.39 is 6.10 Å². The van der Waals surface area contributed by atoms with Crippen LogP contribution in [0.25, 0.3) is 0 Å². The van der Waals surface area contributed by atoms with E-state index >= 15 is 0 Å². The van der Waals surface area contributed by atoms with Crippen LogP contribution < -0.4 is 14.8 Å². The number of thiophene rings is 1. The Morgan fingerprint density at radius 2 is 1.97 bits per heavy atom. The fraction of sp³-hybridized carbons (Fsp3) is 0.522. The molecule has 2 aliphatic heterocycles. The van der Waals surface area contributed by atoms with E-state index in [1.54, 1.807) is 11.3 Å². The molecule has 0 bridgehead atoms. The molecule has 1 aromatic heterocycles. The standard InChI is InChI=1S/C23H30N2O4S/c26-22(24-8-7-19-4-3-13-30-19)15-18(16-25-9-1-2-10-25)23(27)17-5-6-20-21(14-17)29-12-11-28-20/h3-6,13-14,18,23,27H,1-2,7-12,15-16H2,(H,24,26)/t18-,23-/m1/s1. The number of carbonyl (C=O) groups excluding carboxylic acids is 1. The van der Waals surface area contributed by atoms with Gasteiger partial charge in [-0.2, -0.15) is 0 Å². The Hall–Kier alpha value is -2.09. The number of hydrogen-bond acceptors (Lipinski definition) is 6. The van der Waals surface area contributed by atoms with Gasteiger partial charge in [-0.3, -0.25) is 4.79 Å². The number of amides is 1. The number of aliphatic hydroxyl groups is 1. The summed E-state index contributed by atoms with van der Waals surface area (Å²) < 4.78 is 11.3. The summed E-state index contributed by atoms with van der Waals surface area (Å²) in [5.41, 5.74) is 0.773. The third kappa shape index (κ3) is 5.53. The molecule has 2 aromatic rings. The zero-order valence-corrected chi connectivity index (χ0v) is 18.0. The summed E-state index contributed by atoms with van der Waals surface area (Å²) in [7, 11) is 0. The number of carbonyl (C=O) groups is 1. The molecule has 1 amide bonds. The third-order valence-corrected chi connectivity index (χ3v) is 6.70. The zero-order valence-electron chi connectivity index (χ0n) is 17.2. The first kappa shape index (κ1) is 21.2. The molecule has 0 spiro atoms. The first-order valence-electron chi connectivity index (χ1n) is 10.8. The normalized spacial score (nSPS) is 18.2. The second-order valence-corrected chi connectivity index (χ2v) is 9.03. The van der Waals surface area contributed by atoms with Crippen molar-refractivity contribution in [2.45, 2.75) is 31.8 Å². The number of ether oxygens (including phenoxy) is 2. The van der Waals surface area contributed by atoms with Crippen molar-refractivity contribution in [3.8, 4) is 11.5 Å². The monoisotopic (exact) mass is 430 g/mol. The number of nitrogens with zero attached hydrogens (tertiary/aromatic N) is 1. The van der Waals surface area contributed by atoms with Crippen LogP contribution >= 0.6 is 11.3 Å². The summed E-state index contributed by atoms with van der Waals surface area (Å²) in [6.45, 7) is 4.45. The Labute approximate surface area is 181 Å². The van der Waals surface area contributed by atoms with Crippen LogP contribution in [0.1, 0.15) is 35.8 Å². The molecular weight excluding hydrogens is 400 g/mol. The Bertz CT molecular complexity index is 821. The largest absolute Gasteiger partial charge is 0.486 e. The minimum atomic E-state index is -0.732.